The number of amides is 2. The highest BCUT2D eigenvalue weighted by molar-refractivity contribution is 5.97. The van der Waals surface area contributed by atoms with Gasteiger partial charge in [-0.25, -0.2) is 4.98 Å². The second-order valence-corrected chi connectivity index (χ2v) is 9.05. The highest BCUT2D eigenvalue weighted by atomic mass is 16.5. The minimum Gasteiger partial charge on any atom is -0.472 e. The Hall–Kier alpha value is -3.44. The van der Waals surface area contributed by atoms with Gasteiger partial charge >= 0.3 is 0 Å². The molecule has 1 aliphatic rings. The highest BCUT2D eigenvalue weighted by Gasteiger charge is 2.34. The molecular weight excluding hydrogens is 432 g/mol. The third-order valence-electron chi connectivity index (χ3n) is 5.74. The van der Waals surface area contributed by atoms with Crippen molar-refractivity contribution in [3.63, 3.8) is 0 Å². The summed E-state index contributed by atoms with van der Waals surface area (Å²) in [5.41, 5.74) is 1.41. The first-order valence-electron chi connectivity index (χ1n) is 11.5. The van der Waals surface area contributed by atoms with Gasteiger partial charge in [0.1, 0.15) is 11.7 Å². The number of aliphatic hydroxyl groups is 1. The fraction of sp³-hybridized carbons (Fsp3) is 0.462. The maximum atomic E-state index is 13.4. The van der Waals surface area contributed by atoms with Crippen LogP contribution in [-0.2, 0) is 0 Å². The Morgan fingerprint density at radius 1 is 1.35 bits per heavy atom. The lowest BCUT2D eigenvalue weighted by molar-refractivity contribution is 0.0313. The molecule has 0 fully saturated rings. The minimum atomic E-state index is -0.425. The van der Waals surface area contributed by atoms with Crippen molar-refractivity contribution in [2.24, 2.45) is 11.8 Å². The molecule has 0 aromatic carbocycles. The number of carbonyl (C=O) groups excluding carboxylic acids is 2. The Kier molecular flexibility index (Phi) is 8.24. The molecule has 0 aliphatic carbocycles. The lowest BCUT2D eigenvalue weighted by Crippen LogP contribution is -2.50. The summed E-state index contributed by atoms with van der Waals surface area (Å²) >= 11 is 0. The Bertz CT molecular complexity index is 1080. The molecule has 3 atom stereocenters. The van der Waals surface area contributed by atoms with E-state index in [2.05, 4.69) is 21.8 Å². The molecule has 2 aromatic heterocycles. The third-order valence-corrected chi connectivity index (χ3v) is 5.74. The number of pyridine rings is 2. The van der Waals surface area contributed by atoms with E-state index in [1.807, 2.05) is 20.8 Å². The van der Waals surface area contributed by atoms with Crippen LogP contribution in [0.15, 0.2) is 36.8 Å². The number of hydrogen-bond acceptors (Lipinski definition) is 6. The van der Waals surface area contributed by atoms with Gasteiger partial charge in [0, 0.05) is 49.6 Å². The summed E-state index contributed by atoms with van der Waals surface area (Å²) < 4.78 is 6.24. The van der Waals surface area contributed by atoms with Crippen molar-refractivity contribution in [1.29, 1.82) is 0 Å². The second kappa shape index (κ2) is 11.1. The molecule has 2 aromatic rings. The fourth-order valence-corrected chi connectivity index (χ4v) is 3.68. The van der Waals surface area contributed by atoms with Crippen LogP contribution >= 0.6 is 0 Å². The van der Waals surface area contributed by atoms with E-state index in [0.29, 0.717) is 29.8 Å². The van der Waals surface area contributed by atoms with E-state index in [0.717, 1.165) is 0 Å². The lowest BCUT2D eigenvalue weighted by atomic mass is 9.99. The smallest absolute Gasteiger partial charge is 0.259 e. The summed E-state index contributed by atoms with van der Waals surface area (Å²) in [5, 5.41) is 9.79. The van der Waals surface area contributed by atoms with E-state index in [1.165, 1.54) is 6.20 Å². The van der Waals surface area contributed by atoms with Gasteiger partial charge in [-0.2, -0.15) is 0 Å². The van der Waals surface area contributed by atoms with E-state index >= 15 is 0 Å². The molecule has 0 unspecified atom stereocenters. The molecule has 0 saturated carbocycles. The first-order valence-corrected chi connectivity index (χ1v) is 11.5. The molecule has 1 N–H and O–H groups in total. The highest BCUT2D eigenvalue weighted by Crippen LogP contribution is 2.27. The molecule has 180 valence electrons. The molecule has 0 saturated heterocycles. The molecule has 0 spiro atoms. The number of likely N-dealkylation sites (N-methyl/N-ethyl adjacent to an activating group) is 1. The van der Waals surface area contributed by atoms with Gasteiger partial charge in [0.05, 0.1) is 24.8 Å². The van der Waals surface area contributed by atoms with Crippen LogP contribution in [0.3, 0.4) is 0 Å². The maximum absolute atomic E-state index is 13.4. The Balaban J connectivity index is 1.95. The zero-order valence-electron chi connectivity index (χ0n) is 20.4. The Labute approximate surface area is 201 Å². The molecular formula is C26H32N4O4. The van der Waals surface area contributed by atoms with Crippen molar-refractivity contribution < 1.29 is 19.4 Å². The van der Waals surface area contributed by atoms with E-state index in [9.17, 15) is 14.7 Å². The van der Waals surface area contributed by atoms with Crippen LogP contribution in [0, 0.1) is 23.7 Å². The Morgan fingerprint density at radius 3 is 2.76 bits per heavy atom. The minimum absolute atomic E-state index is 0.127. The molecule has 8 heteroatoms. The number of nitrogens with zero attached hydrogens (tertiary/aromatic N) is 4. The fourth-order valence-electron chi connectivity index (χ4n) is 3.68. The molecule has 8 nitrogen and oxygen atoms in total. The number of aromatic nitrogens is 2. The van der Waals surface area contributed by atoms with Gasteiger partial charge in [-0.1, -0.05) is 32.6 Å². The van der Waals surface area contributed by atoms with E-state index in [-0.39, 0.29) is 42.2 Å². The van der Waals surface area contributed by atoms with Crippen molar-refractivity contribution in [3.05, 3.63) is 53.5 Å². The van der Waals surface area contributed by atoms with Crippen molar-refractivity contribution in [1.82, 2.24) is 19.8 Å². The molecule has 0 bridgehead atoms. The molecule has 2 amide bonds. The normalized spacial score (nSPS) is 18.7. The van der Waals surface area contributed by atoms with Crippen molar-refractivity contribution >= 4 is 11.8 Å². The number of ether oxygens (including phenoxy) is 1. The van der Waals surface area contributed by atoms with E-state index < -0.39 is 6.10 Å². The quantitative estimate of drug-likeness (QED) is 0.683. The van der Waals surface area contributed by atoms with Gasteiger partial charge in [0.25, 0.3) is 11.8 Å². The van der Waals surface area contributed by atoms with Gasteiger partial charge in [0.2, 0.25) is 5.88 Å². The van der Waals surface area contributed by atoms with Crippen LogP contribution in [-0.4, -0.2) is 75.6 Å². The average Bonchev–Trinajstić information content (AvgIpc) is 2.84. The average molecular weight is 465 g/mol. The number of carbonyl (C=O) groups is 2. The van der Waals surface area contributed by atoms with Crippen molar-refractivity contribution in [2.45, 2.75) is 39.8 Å². The zero-order valence-corrected chi connectivity index (χ0v) is 20.4. The number of hydrogen-bond donors (Lipinski definition) is 1. The standard InChI is InChI=1S/C26H32N4O4/c1-17(2)8-9-20-11-22-24(28-12-20)34-23(18(3)14-30(26(22)33)19(4)16-31)15-29(5)25(32)21-7-6-10-27-13-21/h6-7,10-13,17-19,23,31H,14-16H2,1-5H3/t18-,19+,23-/m1/s1. The molecule has 3 heterocycles. The van der Waals surface area contributed by atoms with Crippen LogP contribution in [0.1, 0.15) is 54.0 Å². The number of aliphatic hydroxyl groups excluding tert-OH is 1. The van der Waals surface area contributed by atoms with Gasteiger partial charge in [0.15, 0.2) is 0 Å². The van der Waals surface area contributed by atoms with Gasteiger partial charge in [-0.05, 0) is 25.1 Å². The maximum Gasteiger partial charge on any atom is 0.259 e. The summed E-state index contributed by atoms with van der Waals surface area (Å²) in [6.07, 6.45) is 4.31. The number of fused-ring (bicyclic) bond motifs is 1. The molecule has 0 radical (unpaired) electrons. The first-order chi connectivity index (χ1) is 16.2. The van der Waals surface area contributed by atoms with Gasteiger partial charge in [-0.15, -0.1) is 0 Å². The van der Waals surface area contributed by atoms with Gasteiger partial charge < -0.3 is 19.6 Å². The predicted molar refractivity (Wildman–Crippen MR) is 128 cm³/mol. The van der Waals surface area contributed by atoms with Crippen LogP contribution < -0.4 is 4.74 Å². The summed E-state index contributed by atoms with van der Waals surface area (Å²) in [6, 6.07) is 4.74. The first kappa shape index (κ1) is 25.2. The summed E-state index contributed by atoms with van der Waals surface area (Å²) in [7, 11) is 1.71. The van der Waals surface area contributed by atoms with Crippen LogP contribution in [0.4, 0.5) is 0 Å². The predicted octanol–water partition coefficient (Wildman–Crippen LogP) is 2.48. The Morgan fingerprint density at radius 2 is 2.12 bits per heavy atom. The van der Waals surface area contributed by atoms with E-state index in [1.54, 1.807) is 54.4 Å². The van der Waals surface area contributed by atoms with Crippen LogP contribution in [0.5, 0.6) is 5.88 Å². The SMILES string of the molecule is CC(C)C#Cc1cnc2c(c1)C(=O)N([C@@H](C)CO)C[C@@H](C)[C@@H](CN(C)C(=O)c1cccnc1)O2. The summed E-state index contributed by atoms with van der Waals surface area (Å²) in [5.74, 6) is 5.95. The summed E-state index contributed by atoms with van der Waals surface area (Å²) in [4.78, 5) is 38.0. The van der Waals surface area contributed by atoms with Crippen molar-refractivity contribution in [2.75, 3.05) is 26.7 Å². The lowest BCUT2D eigenvalue weighted by Gasteiger charge is -2.37. The number of rotatable bonds is 5. The third kappa shape index (κ3) is 5.91. The monoisotopic (exact) mass is 464 g/mol. The zero-order chi connectivity index (χ0) is 24.8. The molecule has 3 rings (SSSR count). The van der Waals surface area contributed by atoms with Gasteiger partial charge in [-0.3, -0.25) is 14.6 Å². The van der Waals surface area contributed by atoms with Crippen molar-refractivity contribution in [3.8, 4) is 17.7 Å². The van der Waals surface area contributed by atoms with Crippen LogP contribution in [0.2, 0.25) is 0 Å². The topological polar surface area (TPSA) is 95.9 Å². The molecule has 34 heavy (non-hydrogen) atoms. The largest absolute Gasteiger partial charge is 0.472 e. The summed E-state index contributed by atoms with van der Waals surface area (Å²) in [6.45, 7) is 8.23. The van der Waals surface area contributed by atoms with E-state index in [4.69, 9.17) is 4.74 Å². The molecule has 1 aliphatic heterocycles. The van der Waals surface area contributed by atoms with Crippen LogP contribution in [0.25, 0.3) is 0 Å². The second-order valence-electron chi connectivity index (χ2n) is 9.05.